The number of ketones is 1. The van der Waals surface area contributed by atoms with E-state index in [1.165, 1.54) is 0 Å². The van der Waals surface area contributed by atoms with E-state index in [4.69, 9.17) is 5.73 Å². The Kier molecular flexibility index (Phi) is 2.86. The largest absolute Gasteiger partial charge is 0.398 e. The summed E-state index contributed by atoms with van der Waals surface area (Å²) in [6, 6.07) is 0. The average Bonchev–Trinajstić information content (AvgIpc) is 2.30. The summed E-state index contributed by atoms with van der Waals surface area (Å²) in [4.78, 5) is 12.1. The van der Waals surface area contributed by atoms with E-state index in [1.54, 1.807) is 0 Å². The molecule has 0 bridgehead atoms. The molecule has 0 radical (unpaired) electrons. The first kappa shape index (κ1) is 9.97. The third-order valence-electron chi connectivity index (χ3n) is 2.74. The maximum absolute atomic E-state index is 12.1. The standard InChI is InChI=1S/C13H15NO/c14-12-9-5-4-8-11(12)13(15)10-6-2-1-3-7-10/h1-2,6,8-9H,3-5,7,14H2. The summed E-state index contributed by atoms with van der Waals surface area (Å²) in [5.41, 5.74) is 8.03. The topological polar surface area (TPSA) is 43.1 Å². The summed E-state index contributed by atoms with van der Waals surface area (Å²) >= 11 is 0. The second kappa shape index (κ2) is 4.30. The van der Waals surface area contributed by atoms with Crippen LogP contribution in [0.3, 0.4) is 0 Å². The first-order chi connectivity index (χ1) is 7.29. The zero-order valence-corrected chi connectivity index (χ0v) is 8.70. The van der Waals surface area contributed by atoms with Crippen LogP contribution >= 0.6 is 0 Å². The monoisotopic (exact) mass is 201 g/mol. The van der Waals surface area contributed by atoms with Gasteiger partial charge in [0.05, 0.1) is 0 Å². The normalized spacial score (nSPS) is 20.4. The Labute approximate surface area is 89.8 Å². The van der Waals surface area contributed by atoms with Gasteiger partial charge in [-0.2, -0.15) is 0 Å². The Morgan fingerprint density at radius 3 is 2.67 bits per heavy atom. The highest BCUT2D eigenvalue weighted by Gasteiger charge is 2.18. The van der Waals surface area contributed by atoms with Crippen LogP contribution in [-0.4, -0.2) is 5.78 Å². The number of carbonyl (C=O) groups excluding carboxylic acids is 1. The SMILES string of the molecule is NC1=CCCC=C1C(=O)C1=CC=CCC1. The van der Waals surface area contributed by atoms with Crippen LogP contribution in [0.15, 0.2) is 47.2 Å². The highest BCUT2D eigenvalue weighted by atomic mass is 16.1. The molecule has 0 heterocycles. The number of carbonyl (C=O) groups is 1. The lowest BCUT2D eigenvalue weighted by atomic mass is 9.92. The highest BCUT2D eigenvalue weighted by Crippen LogP contribution is 2.22. The van der Waals surface area contributed by atoms with Gasteiger partial charge in [0.15, 0.2) is 5.78 Å². The van der Waals surface area contributed by atoms with Crippen molar-refractivity contribution in [2.45, 2.75) is 25.7 Å². The fourth-order valence-corrected chi connectivity index (χ4v) is 1.88. The summed E-state index contributed by atoms with van der Waals surface area (Å²) in [6.07, 6.45) is 13.5. The quantitative estimate of drug-likeness (QED) is 0.745. The van der Waals surface area contributed by atoms with E-state index in [0.29, 0.717) is 11.3 Å². The first-order valence-corrected chi connectivity index (χ1v) is 5.35. The van der Waals surface area contributed by atoms with Crippen molar-refractivity contribution in [1.29, 1.82) is 0 Å². The maximum atomic E-state index is 12.1. The van der Waals surface area contributed by atoms with Crippen molar-refractivity contribution in [2.24, 2.45) is 5.73 Å². The zero-order chi connectivity index (χ0) is 10.7. The van der Waals surface area contributed by atoms with Crippen LogP contribution in [0.25, 0.3) is 0 Å². The lowest BCUT2D eigenvalue weighted by molar-refractivity contribution is -0.112. The van der Waals surface area contributed by atoms with Gasteiger partial charge in [-0.3, -0.25) is 4.79 Å². The third-order valence-corrected chi connectivity index (χ3v) is 2.74. The van der Waals surface area contributed by atoms with Gasteiger partial charge in [0, 0.05) is 16.8 Å². The Balaban J connectivity index is 2.21. The third kappa shape index (κ3) is 2.09. The van der Waals surface area contributed by atoms with Gasteiger partial charge in [-0.1, -0.05) is 30.4 Å². The van der Waals surface area contributed by atoms with Gasteiger partial charge in [-0.25, -0.2) is 0 Å². The lowest BCUT2D eigenvalue weighted by Crippen LogP contribution is -2.15. The number of allylic oxidation sites excluding steroid dienone is 7. The molecule has 0 spiro atoms. The van der Waals surface area contributed by atoms with Crippen LogP contribution in [0.2, 0.25) is 0 Å². The average molecular weight is 201 g/mol. The van der Waals surface area contributed by atoms with Crippen LogP contribution in [0, 0.1) is 0 Å². The molecule has 2 aliphatic carbocycles. The van der Waals surface area contributed by atoms with E-state index in [9.17, 15) is 4.79 Å². The van der Waals surface area contributed by atoms with Crippen LogP contribution < -0.4 is 5.73 Å². The van der Waals surface area contributed by atoms with Gasteiger partial charge in [-0.15, -0.1) is 0 Å². The maximum Gasteiger partial charge on any atom is 0.190 e. The molecule has 0 amide bonds. The van der Waals surface area contributed by atoms with E-state index >= 15 is 0 Å². The van der Waals surface area contributed by atoms with E-state index in [1.807, 2.05) is 24.3 Å². The molecule has 2 N–H and O–H groups in total. The summed E-state index contributed by atoms with van der Waals surface area (Å²) in [7, 11) is 0. The van der Waals surface area contributed by atoms with Gasteiger partial charge in [0.2, 0.25) is 0 Å². The molecule has 0 aromatic carbocycles. The molecule has 2 rings (SSSR count). The van der Waals surface area contributed by atoms with Crippen molar-refractivity contribution in [3.05, 3.63) is 47.2 Å². The Bertz CT molecular complexity index is 397. The van der Waals surface area contributed by atoms with E-state index < -0.39 is 0 Å². The summed E-state index contributed by atoms with van der Waals surface area (Å²) in [5, 5.41) is 0. The van der Waals surface area contributed by atoms with Gasteiger partial charge in [0.1, 0.15) is 0 Å². The highest BCUT2D eigenvalue weighted by molar-refractivity contribution is 6.11. The minimum atomic E-state index is 0.104. The smallest absolute Gasteiger partial charge is 0.190 e. The molecule has 15 heavy (non-hydrogen) atoms. The molecule has 2 nitrogen and oxygen atoms in total. The van der Waals surface area contributed by atoms with Crippen LogP contribution in [0.4, 0.5) is 0 Å². The van der Waals surface area contributed by atoms with Gasteiger partial charge < -0.3 is 5.73 Å². The second-order valence-corrected chi connectivity index (χ2v) is 3.84. The molecule has 0 fully saturated rings. The Morgan fingerprint density at radius 2 is 2.00 bits per heavy atom. The van der Waals surface area contributed by atoms with Gasteiger partial charge >= 0.3 is 0 Å². The van der Waals surface area contributed by atoms with Crippen molar-refractivity contribution >= 4 is 5.78 Å². The van der Waals surface area contributed by atoms with E-state index in [-0.39, 0.29) is 5.78 Å². The molecule has 0 unspecified atom stereocenters. The molecule has 0 saturated carbocycles. The fraction of sp³-hybridized carbons (Fsp3) is 0.308. The Morgan fingerprint density at radius 1 is 1.20 bits per heavy atom. The minimum Gasteiger partial charge on any atom is -0.398 e. The molecule has 0 atom stereocenters. The molecule has 2 heteroatoms. The molecule has 0 aliphatic heterocycles. The van der Waals surface area contributed by atoms with Gasteiger partial charge in [0.25, 0.3) is 0 Å². The van der Waals surface area contributed by atoms with Crippen molar-refractivity contribution in [3.8, 4) is 0 Å². The predicted octanol–water partition coefficient (Wildman–Crippen LogP) is 2.39. The number of hydrogen-bond acceptors (Lipinski definition) is 2. The van der Waals surface area contributed by atoms with Crippen molar-refractivity contribution in [2.75, 3.05) is 0 Å². The predicted molar refractivity (Wildman–Crippen MR) is 61.1 cm³/mol. The fourth-order valence-electron chi connectivity index (χ4n) is 1.88. The molecule has 0 aromatic rings. The molecular formula is C13H15NO. The molecule has 2 aliphatic rings. The number of Topliss-reactive ketones (excluding diaryl/α,β-unsaturated/α-hetero) is 1. The van der Waals surface area contributed by atoms with Crippen LogP contribution in [0.5, 0.6) is 0 Å². The first-order valence-electron chi connectivity index (χ1n) is 5.35. The summed E-state index contributed by atoms with van der Waals surface area (Å²) in [6.45, 7) is 0. The second-order valence-electron chi connectivity index (χ2n) is 3.84. The van der Waals surface area contributed by atoms with Crippen LogP contribution in [-0.2, 0) is 4.79 Å². The molecule has 0 saturated heterocycles. The van der Waals surface area contributed by atoms with Crippen molar-refractivity contribution in [1.82, 2.24) is 0 Å². The van der Waals surface area contributed by atoms with Crippen LogP contribution in [0.1, 0.15) is 25.7 Å². The minimum absolute atomic E-state index is 0.104. The molecule has 0 aromatic heterocycles. The Hall–Kier alpha value is -1.57. The number of hydrogen-bond donors (Lipinski definition) is 1. The van der Waals surface area contributed by atoms with Crippen molar-refractivity contribution in [3.63, 3.8) is 0 Å². The summed E-state index contributed by atoms with van der Waals surface area (Å²) in [5.74, 6) is 0.104. The molecular weight excluding hydrogens is 186 g/mol. The lowest BCUT2D eigenvalue weighted by Gasteiger charge is -2.14. The van der Waals surface area contributed by atoms with Crippen molar-refractivity contribution < 1.29 is 4.79 Å². The van der Waals surface area contributed by atoms with E-state index in [0.717, 1.165) is 31.3 Å². The van der Waals surface area contributed by atoms with Gasteiger partial charge in [-0.05, 0) is 25.7 Å². The van der Waals surface area contributed by atoms with E-state index in [2.05, 4.69) is 6.08 Å². The summed E-state index contributed by atoms with van der Waals surface area (Å²) < 4.78 is 0. The number of rotatable bonds is 2. The number of nitrogens with two attached hydrogens (primary N) is 1. The molecule has 78 valence electrons. The zero-order valence-electron chi connectivity index (χ0n) is 8.70.